The summed E-state index contributed by atoms with van der Waals surface area (Å²) >= 11 is -0.384. The summed E-state index contributed by atoms with van der Waals surface area (Å²) in [5.41, 5.74) is 0. The van der Waals surface area contributed by atoms with Crippen molar-refractivity contribution < 1.29 is 0 Å². The second-order valence-electron chi connectivity index (χ2n) is 1.48. The summed E-state index contributed by atoms with van der Waals surface area (Å²) in [4.78, 5) is 0. The third-order valence-electron chi connectivity index (χ3n) is 0.897. The zero-order valence-electron chi connectivity index (χ0n) is 4.36. The first-order chi connectivity index (χ1) is 2.81. The van der Waals surface area contributed by atoms with Gasteiger partial charge in [0.05, 0.1) is 0 Å². The summed E-state index contributed by atoms with van der Waals surface area (Å²) in [7, 11) is 0. The van der Waals surface area contributed by atoms with Gasteiger partial charge in [0.2, 0.25) is 0 Å². The molecule has 0 aromatic carbocycles. The fourth-order valence-electron chi connectivity index (χ4n) is 0.118. The first-order valence-corrected chi connectivity index (χ1v) is 5.57. The average molecular weight is 192 g/mol. The van der Waals surface area contributed by atoms with E-state index < -0.39 is 0 Å². The Morgan fingerprint density at radius 2 is 2.33 bits per heavy atom. The van der Waals surface area contributed by atoms with Crippen molar-refractivity contribution in [2.24, 2.45) is 3.96 Å². The van der Waals surface area contributed by atoms with Crippen molar-refractivity contribution in [1.82, 2.24) is 0 Å². The third-order valence-corrected chi connectivity index (χ3v) is 3.69. The van der Waals surface area contributed by atoms with Crippen LogP contribution in [0.5, 0.6) is 0 Å². The van der Waals surface area contributed by atoms with Crippen molar-refractivity contribution in [3.63, 3.8) is 0 Å². The molecule has 0 bridgehead atoms. The van der Waals surface area contributed by atoms with Gasteiger partial charge in [-0.2, -0.15) is 0 Å². The van der Waals surface area contributed by atoms with Gasteiger partial charge in [0, 0.05) is 0 Å². The van der Waals surface area contributed by atoms with E-state index >= 15 is 0 Å². The van der Waals surface area contributed by atoms with Gasteiger partial charge in [-0.1, -0.05) is 0 Å². The van der Waals surface area contributed by atoms with Crippen LogP contribution in [0.2, 0.25) is 3.93 Å². The Balaban J connectivity index is 2.75. The zero-order chi connectivity index (χ0) is 4.99. The fraction of sp³-hybridized carbons (Fsp3) is 1.00. The van der Waals surface area contributed by atoms with Gasteiger partial charge in [-0.05, 0) is 0 Å². The molecular formula is C4H11NSn. The van der Waals surface area contributed by atoms with Gasteiger partial charge in [0.25, 0.3) is 0 Å². The second-order valence-corrected chi connectivity index (χ2v) is 5.24. The van der Waals surface area contributed by atoms with Gasteiger partial charge < -0.3 is 0 Å². The molecule has 0 rings (SSSR count). The Morgan fingerprint density at radius 1 is 1.83 bits per heavy atom. The number of hydrogen-bond acceptors (Lipinski definition) is 1. The van der Waals surface area contributed by atoms with Gasteiger partial charge in [-0.25, -0.2) is 0 Å². The van der Waals surface area contributed by atoms with E-state index in [1.165, 1.54) is 6.42 Å². The van der Waals surface area contributed by atoms with Crippen molar-refractivity contribution in [1.29, 1.82) is 0 Å². The summed E-state index contributed by atoms with van der Waals surface area (Å²) in [5.74, 6) is 0. The first kappa shape index (κ1) is 6.76. The van der Waals surface area contributed by atoms with E-state index in [1.807, 2.05) is 0 Å². The Labute approximate surface area is 49.9 Å². The predicted molar refractivity (Wildman–Crippen MR) is 29.7 cm³/mol. The maximum atomic E-state index is 5.45. The van der Waals surface area contributed by atoms with Crippen LogP contribution in [0.4, 0.5) is 0 Å². The second kappa shape index (κ2) is 3.93. The molecule has 1 atom stereocenters. The minimum absolute atomic E-state index is 0.384. The van der Waals surface area contributed by atoms with E-state index in [1.54, 1.807) is 0 Å². The van der Waals surface area contributed by atoms with Crippen LogP contribution in [0, 0.1) is 0 Å². The summed E-state index contributed by atoms with van der Waals surface area (Å²) in [6.45, 7) is 4.42. The third kappa shape index (κ3) is 2.97. The molecule has 2 N–H and O–H groups in total. The molecule has 0 saturated heterocycles. The molecule has 0 spiro atoms. The van der Waals surface area contributed by atoms with Gasteiger partial charge in [0.1, 0.15) is 0 Å². The Kier molecular flexibility index (Phi) is 4.43. The molecule has 0 amide bonds. The van der Waals surface area contributed by atoms with Crippen molar-refractivity contribution >= 4 is 21.4 Å². The molecule has 0 aromatic heterocycles. The van der Waals surface area contributed by atoms with Gasteiger partial charge in [-0.15, -0.1) is 0 Å². The van der Waals surface area contributed by atoms with E-state index in [-0.39, 0.29) is 21.4 Å². The molecule has 0 aliphatic heterocycles. The van der Waals surface area contributed by atoms with Crippen LogP contribution < -0.4 is 3.96 Å². The zero-order valence-corrected chi connectivity index (χ0v) is 7.22. The van der Waals surface area contributed by atoms with Gasteiger partial charge in [-0.3, -0.25) is 0 Å². The molecule has 0 fully saturated rings. The van der Waals surface area contributed by atoms with Crippen LogP contribution in [0.3, 0.4) is 0 Å². The van der Waals surface area contributed by atoms with Crippen LogP contribution in [0.1, 0.15) is 20.3 Å². The van der Waals surface area contributed by atoms with Crippen LogP contribution in [-0.2, 0) is 0 Å². The normalized spacial score (nSPS) is 14.5. The van der Waals surface area contributed by atoms with Crippen molar-refractivity contribution in [2.45, 2.75) is 24.2 Å². The molecule has 1 unspecified atom stereocenters. The molecule has 0 aromatic rings. The number of nitrogens with two attached hydrogens (primary N) is 1. The van der Waals surface area contributed by atoms with Gasteiger partial charge >= 0.3 is 49.6 Å². The van der Waals surface area contributed by atoms with Crippen LogP contribution in [0.15, 0.2) is 0 Å². The predicted octanol–water partition coefficient (Wildman–Crippen LogP) is 0.783. The van der Waals surface area contributed by atoms with Crippen LogP contribution >= 0.6 is 0 Å². The number of hydrogen-bond donors (Lipinski definition) is 1. The van der Waals surface area contributed by atoms with Crippen molar-refractivity contribution in [3.8, 4) is 0 Å². The standard InChI is InChI=1S/C4H9.H2N.Sn/c1-3-4-2;;/h3H,4H2,1-2H3;1H2;/q;-1;+1. The fourth-order valence-corrected chi connectivity index (χ4v) is 0.791. The molecule has 0 heterocycles. The molecule has 2 heteroatoms. The van der Waals surface area contributed by atoms with E-state index in [0.29, 0.717) is 0 Å². The van der Waals surface area contributed by atoms with Crippen LogP contribution in [-0.4, -0.2) is 21.4 Å². The Hall–Kier alpha value is 0.759. The molecule has 0 saturated carbocycles. The van der Waals surface area contributed by atoms with Crippen LogP contribution in [0.25, 0.3) is 0 Å². The molecule has 36 valence electrons. The topological polar surface area (TPSA) is 26.0 Å². The van der Waals surface area contributed by atoms with Crippen molar-refractivity contribution in [2.75, 3.05) is 0 Å². The quantitative estimate of drug-likeness (QED) is 0.642. The summed E-state index contributed by atoms with van der Waals surface area (Å²) in [6.07, 6.45) is 1.28. The first-order valence-electron chi connectivity index (χ1n) is 2.27. The molecule has 0 aliphatic rings. The summed E-state index contributed by atoms with van der Waals surface area (Å²) in [6, 6.07) is 0. The minimum atomic E-state index is -0.384. The Bertz CT molecular complexity index is 26.7. The molecule has 2 radical (unpaired) electrons. The number of rotatable bonds is 2. The Morgan fingerprint density at radius 3 is 2.33 bits per heavy atom. The average Bonchev–Trinajstić information content (AvgIpc) is 1.65. The monoisotopic (exact) mass is 193 g/mol. The van der Waals surface area contributed by atoms with Crippen molar-refractivity contribution in [3.05, 3.63) is 0 Å². The molecule has 6 heavy (non-hydrogen) atoms. The summed E-state index contributed by atoms with van der Waals surface area (Å²) in [5, 5.41) is 0. The SMILES string of the molecule is CC[CH](C)[Sn][NH2]. The van der Waals surface area contributed by atoms with E-state index in [0.717, 1.165) is 3.93 Å². The van der Waals surface area contributed by atoms with Gasteiger partial charge in [0.15, 0.2) is 0 Å². The van der Waals surface area contributed by atoms with E-state index in [9.17, 15) is 0 Å². The molecule has 1 nitrogen and oxygen atoms in total. The van der Waals surface area contributed by atoms with E-state index in [4.69, 9.17) is 3.96 Å². The molecule has 0 aliphatic carbocycles. The molecular weight excluding hydrogens is 181 g/mol. The summed E-state index contributed by atoms with van der Waals surface area (Å²) < 4.78 is 6.34. The maximum absolute atomic E-state index is 5.45. The van der Waals surface area contributed by atoms with E-state index in [2.05, 4.69) is 13.8 Å².